The van der Waals surface area contributed by atoms with Crippen molar-refractivity contribution < 1.29 is 10.2 Å². The van der Waals surface area contributed by atoms with Crippen LogP contribution < -0.4 is 0 Å². The van der Waals surface area contributed by atoms with Gasteiger partial charge in [-0.3, -0.25) is 0 Å². The summed E-state index contributed by atoms with van der Waals surface area (Å²) in [5.41, 5.74) is 2.97. The van der Waals surface area contributed by atoms with E-state index in [9.17, 15) is 10.2 Å². The van der Waals surface area contributed by atoms with Gasteiger partial charge in [-0.15, -0.1) is 0 Å². The Balaban J connectivity index is 1.97. The largest absolute Gasteiger partial charge is 0.507 e. The third-order valence-corrected chi connectivity index (χ3v) is 5.75. The maximum atomic E-state index is 10.7. The predicted octanol–water partition coefficient (Wildman–Crippen LogP) is 7.43. The number of hydrogen-bond donors (Lipinski definition) is 2. The number of unbranched alkanes of at least 4 members (excludes halogenated alkanes) is 2. The van der Waals surface area contributed by atoms with Crippen LogP contribution in [0.3, 0.4) is 0 Å². The van der Waals surface area contributed by atoms with Crippen LogP contribution >= 0.6 is 0 Å². The van der Waals surface area contributed by atoms with Gasteiger partial charge in [-0.25, -0.2) is 0 Å². The molecular weight excluding hydrogens is 332 g/mol. The van der Waals surface area contributed by atoms with E-state index >= 15 is 0 Å². The second-order valence-electron chi connectivity index (χ2n) is 8.09. The molecular formula is C25H36O2. The highest BCUT2D eigenvalue weighted by Crippen LogP contribution is 2.39. The number of benzene rings is 2. The lowest BCUT2D eigenvalue weighted by Crippen LogP contribution is -1.96. The number of aromatic hydroxyl groups is 2. The topological polar surface area (TPSA) is 40.5 Å². The van der Waals surface area contributed by atoms with Gasteiger partial charge in [0.05, 0.1) is 0 Å². The number of fused-ring (bicyclic) bond motifs is 1. The van der Waals surface area contributed by atoms with Crippen LogP contribution in [0.4, 0.5) is 0 Å². The molecule has 0 aromatic heterocycles. The summed E-state index contributed by atoms with van der Waals surface area (Å²) >= 11 is 0. The monoisotopic (exact) mass is 368 g/mol. The van der Waals surface area contributed by atoms with Crippen molar-refractivity contribution in [2.24, 2.45) is 5.92 Å². The van der Waals surface area contributed by atoms with Crippen molar-refractivity contribution in [3.05, 3.63) is 47.0 Å². The number of phenols is 2. The van der Waals surface area contributed by atoms with Crippen molar-refractivity contribution in [3.63, 3.8) is 0 Å². The molecule has 0 aliphatic rings. The smallest absolute Gasteiger partial charge is 0.127 e. The van der Waals surface area contributed by atoms with Crippen molar-refractivity contribution in [2.75, 3.05) is 0 Å². The average molecular weight is 369 g/mol. The highest BCUT2D eigenvalue weighted by molar-refractivity contribution is 5.95. The zero-order chi connectivity index (χ0) is 19.8. The molecule has 0 heterocycles. The quantitative estimate of drug-likeness (QED) is 0.260. The van der Waals surface area contributed by atoms with Crippen LogP contribution in [0.1, 0.15) is 76.8 Å². The molecule has 0 amide bonds. The summed E-state index contributed by atoms with van der Waals surface area (Å²) < 4.78 is 0. The summed E-state index contributed by atoms with van der Waals surface area (Å²) in [5.74, 6) is 1.40. The van der Waals surface area contributed by atoms with Crippen LogP contribution in [0.5, 0.6) is 11.5 Å². The van der Waals surface area contributed by atoms with E-state index in [0.717, 1.165) is 28.9 Å². The summed E-state index contributed by atoms with van der Waals surface area (Å²) in [6, 6.07) is 7.49. The van der Waals surface area contributed by atoms with Crippen molar-refractivity contribution >= 4 is 10.8 Å². The van der Waals surface area contributed by atoms with Crippen molar-refractivity contribution in [3.8, 4) is 11.5 Å². The lowest BCUT2D eigenvalue weighted by molar-refractivity contribution is 0.450. The van der Waals surface area contributed by atoms with Crippen LogP contribution in [0, 0.1) is 12.8 Å². The van der Waals surface area contributed by atoms with E-state index in [4.69, 9.17) is 0 Å². The minimum atomic E-state index is 0.283. The molecule has 2 aromatic carbocycles. The van der Waals surface area contributed by atoms with Crippen LogP contribution in [0.15, 0.2) is 35.9 Å². The van der Waals surface area contributed by atoms with Crippen molar-refractivity contribution in [2.45, 2.75) is 79.1 Å². The van der Waals surface area contributed by atoms with Crippen molar-refractivity contribution in [1.82, 2.24) is 0 Å². The van der Waals surface area contributed by atoms with E-state index in [2.05, 4.69) is 26.8 Å². The molecule has 0 aliphatic carbocycles. The second kappa shape index (κ2) is 10.4. The molecule has 0 saturated carbocycles. The Kier molecular flexibility index (Phi) is 8.22. The number of allylic oxidation sites excluding steroid dienone is 2. The summed E-state index contributed by atoms with van der Waals surface area (Å²) in [5, 5.41) is 22.6. The van der Waals surface area contributed by atoms with E-state index in [-0.39, 0.29) is 5.75 Å². The Labute approximate surface area is 164 Å². The van der Waals surface area contributed by atoms with Crippen LogP contribution in [-0.2, 0) is 6.42 Å². The van der Waals surface area contributed by atoms with E-state index in [0.29, 0.717) is 17.6 Å². The van der Waals surface area contributed by atoms with Gasteiger partial charge < -0.3 is 10.2 Å². The Morgan fingerprint density at radius 1 is 1.00 bits per heavy atom. The first-order valence-corrected chi connectivity index (χ1v) is 10.5. The van der Waals surface area contributed by atoms with Gasteiger partial charge >= 0.3 is 0 Å². The molecule has 2 rings (SSSR count). The number of rotatable bonds is 10. The molecule has 0 saturated heterocycles. The second-order valence-corrected chi connectivity index (χ2v) is 8.09. The molecule has 27 heavy (non-hydrogen) atoms. The average Bonchev–Trinajstić information content (AvgIpc) is 2.66. The first-order valence-electron chi connectivity index (χ1n) is 10.5. The van der Waals surface area contributed by atoms with Gasteiger partial charge in [0.25, 0.3) is 0 Å². The fourth-order valence-electron chi connectivity index (χ4n) is 3.83. The zero-order valence-electron chi connectivity index (χ0n) is 17.5. The summed E-state index contributed by atoms with van der Waals surface area (Å²) in [6.07, 6.45) is 11.8. The summed E-state index contributed by atoms with van der Waals surface area (Å²) in [7, 11) is 0. The third kappa shape index (κ3) is 5.76. The molecule has 0 fully saturated rings. The Bertz CT molecular complexity index is 773. The Hall–Kier alpha value is -1.96. The fourth-order valence-corrected chi connectivity index (χ4v) is 3.83. The van der Waals surface area contributed by atoms with Gasteiger partial charge in [0.1, 0.15) is 11.5 Å². The first kappa shape index (κ1) is 21.3. The summed E-state index contributed by atoms with van der Waals surface area (Å²) in [6.45, 7) is 8.69. The van der Waals surface area contributed by atoms with Crippen molar-refractivity contribution in [1.29, 1.82) is 0 Å². The maximum Gasteiger partial charge on any atom is 0.127 e. The van der Waals surface area contributed by atoms with Gasteiger partial charge in [-0.1, -0.05) is 81.9 Å². The van der Waals surface area contributed by atoms with E-state index in [1.165, 1.54) is 44.1 Å². The number of hydrogen-bond acceptors (Lipinski definition) is 2. The normalized spacial score (nSPS) is 13.3. The minimum Gasteiger partial charge on any atom is -0.507 e. The van der Waals surface area contributed by atoms with Gasteiger partial charge in [-0.05, 0) is 44.6 Å². The molecule has 1 atom stereocenters. The lowest BCUT2D eigenvalue weighted by Gasteiger charge is -2.14. The van der Waals surface area contributed by atoms with Gasteiger partial charge in [0.15, 0.2) is 0 Å². The van der Waals surface area contributed by atoms with Crippen LogP contribution in [0.25, 0.3) is 10.8 Å². The molecule has 2 heteroatoms. The summed E-state index contributed by atoms with van der Waals surface area (Å²) in [4.78, 5) is 0. The van der Waals surface area contributed by atoms with Gasteiger partial charge in [-0.2, -0.15) is 0 Å². The molecule has 2 nitrogen and oxygen atoms in total. The highest BCUT2D eigenvalue weighted by atomic mass is 16.3. The fraction of sp³-hybridized carbons (Fsp3) is 0.520. The highest BCUT2D eigenvalue weighted by Gasteiger charge is 2.14. The minimum absolute atomic E-state index is 0.283. The maximum absolute atomic E-state index is 10.7. The van der Waals surface area contributed by atoms with Crippen LogP contribution in [-0.4, -0.2) is 10.2 Å². The van der Waals surface area contributed by atoms with E-state index in [1.54, 1.807) is 0 Å². The van der Waals surface area contributed by atoms with E-state index in [1.807, 2.05) is 31.2 Å². The molecule has 0 radical (unpaired) electrons. The molecule has 148 valence electrons. The van der Waals surface area contributed by atoms with Crippen LogP contribution in [0.2, 0.25) is 0 Å². The third-order valence-electron chi connectivity index (χ3n) is 5.75. The first-order chi connectivity index (χ1) is 13.0. The van der Waals surface area contributed by atoms with E-state index < -0.39 is 0 Å². The van der Waals surface area contributed by atoms with Gasteiger partial charge in [0, 0.05) is 16.3 Å². The molecule has 0 aliphatic heterocycles. The SMILES string of the molecule is CCCCC[C@@H](C)CCC/C(C)=C/Cc1c(C)c(O)c2ccccc2c1O. The Morgan fingerprint density at radius 3 is 2.30 bits per heavy atom. The molecule has 2 aromatic rings. The standard InChI is InChI=1S/C25H36O2/c1-5-6-7-11-18(2)12-10-13-19(3)16-17-21-20(4)24(26)22-14-8-9-15-23(22)25(21)27/h8-9,14-16,18,26-27H,5-7,10-13,17H2,1-4H3/b19-16+/t18-/m1/s1. The zero-order valence-corrected chi connectivity index (χ0v) is 17.5. The number of phenolic OH excluding ortho intramolecular Hbond substituents is 2. The molecule has 2 N–H and O–H groups in total. The molecule has 0 spiro atoms. The Morgan fingerprint density at radius 2 is 1.63 bits per heavy atom. The molecule has 0 bridgehead atoms. The predicted molar refractivity (Wildman–Crippen MR) is 117 cm³/mol. The molecule has 0 unspecified atom stereocenters. The van der Waals surface area contributed by atoms with Gasteiger partial charge in [0.2, 0.25) is 0 Å². The lowest BCUT2D eigenvalue weighted by atomic mass is 9.94.